The molecule has 7 nitrogen and oxygen atoms in total. The topological polar surface area (TPSA) is 78.3 Å². The summed E-state index contributed by atoms with van der Waals surface area (Å²) in [7, 11) is 3.28. The van der Waals surface area contributed by atoms with Crippen molar-refractivity contribution in [2.75, 3.05) is 19.5 Å². The normalized spacial score (nSPS) is 19.7. The molecule has 2 aliphatic rings. The second-order valence-corrected chi connectivity index (χ2v) is 8.91. The van der Waals surface area contributed by atoms with Gasteiger partial charge in [-0.25, -0.2) is 4.68 Å². The number of ether oxygens (including phenoxy) is 2. The quantitative estimate of drug-likeness (QED) is 0.607. The first-order valence-electron chi connectivity index (χ1n) is 11.2. The third kappa shape index (κ3) is 3.67. The highest BCUT2D eigenvalue weighted by Gasteiger charge is 2.39. The maximum Gasteiger partial charge on any atom is 0.226 e. The Morgan fingerprint density at radius 2 is 1.85 bits per heavy atom. The number of hydrogen-bond donors (Lipinski definition) is 1. The molecule has 0 saturated carbocycles. The number of fused-ring (bicyclic) bond motifs is 1. The van der Waals surface area contributed by atoms with Crippen LogP contribution in [0.2, 0.25) is 0 Å². The number of ketones is 1. The standard InChI is InChI=1S/C26H28N4O3/c1-15(2)16-5-7-17(8-6-16)25-24-21(29-26-27-14-28-30(25)26)11-18(12-22(24)31)20-10-9-19(32-3)13-23(20)33-4/h5-10,13-15,18,25H,11-12H2,1-4H3,(H,27,28,29)/t18-,25+/m0/s1. The third-order valence-electron chi connectivity index (χ3n) is 6.66. The molecule has 0 fully saturated rings. The van der Waals surface area contributed by atoms with E-state index in [2.05, 4.69) is 53.5 Å². The minimum Gasteiger partial charge on any atom is -0.497 e. The lowest BCUT2D eigenvalue weighted by Crippen LogP contribution is -2.33. The zero-order valence-electron chi connectivity index (χ0n) is 19.3. The number of allylic oxidation sites excluding steroid dienone is 2. The lowest BCUT2D eigenvalue weighted by Gasteiger charge is -2.35. The Labute approximate surface area is 193 Å². The molecule has 1 aliphatic carbocycles. The number of nitrogens with zero attached hydrogens (tertiary/aromatic N) is 3. The Balaban J connectivity index is 1.55. The van der Waals surface area contributed by atoms with Crippen LogP contribution in [0, 0.1) is 0 Å². The molecular weight excluding hydrogens is 416 g/mol. The van der Waals surface area contributed by atoms with E-state index in [-0.39, 0.29) is 17.7 Å². The predicted molar refractivity (Wildman–Crippen MR) is 126 cm³/mol. The molecule has 1 N–H and O–H groups in total. The Morgan fingerprint density at radius 1 is 1.06 bits per heavy atom. The van der Waals surface area contributed by atoms with Crippen LogP contribution >= 0.6 is 0 Å². The summed E-state index contributed by atoms with van der Waals surface area (Å²) in [6, 6.07) is 14.0. The van der Waals surface area contributed by atoms with E-state index in [0.29, 0.717) is 24.7 Å². The molecule has 0 saturated heterocycles. The maximum atomic E-state index is 13.6. The van der Waals surface area contributed by atoms with Crippen molar-refractivity contribution in [1.29, 1.82) is 0 Å². The smallest absolute Gasteiger partial charge is 0.226 e. The van der Waals surface area contributed by atoms with Crippen LogP contribution in [0.3, 0.4) is 0 Å². The summed E-state index contributed by atoms with van der Waals surface area (Å²) in [5.41, 5.74) is 4.99. The number of Topliss-reactive ketones (excluding diaryl/α,β-unsaturated/α-hetero) is 1. The summed E-state index contributed by atoms with van der Waals surface area (Å²) in [5, 5.41) is 7.83. The van der Waals surface area contributed by atoms with Gasteiger partial charge in [0.25, 0.3) is 0 Å². The second-order valence-electron chi connectivity index (χ2n) is 8.91. The van der Waals surface area contributed by atoms with E-state index < -0.39 is 0 Å². The second kappa shape index (κ2) is 8.39. The van der Waals surface area contributed by atoms with Gasteiger partial charge in [0.2, 0.25) is 5.95 Å². The van der Waals surface area contributed by atoms with E-state index in [9.17, 15) is 4.79 Å². The summed E-state index contributed by atoms with van der Waals surface area (Å²) in [6.07, 6.45) is 2.63. The molecule has 2 atom stereocenters. The summed E-state index contributed by atoms with van der Waals surface area (Å²) < 4.78 is 12.8. The molecule has 1 aliphatic heterocycles. The monoisotopic (exact) mass is 444 g/mol. The van der Waals surface area contributed by atoms with Gasteiger partial charge in [0.05, 0.1) is 14.2 Å². The fourth-order valence-electron chi connectivity index (χ4n) is 4.90. The van der Waals surface area contributed by atoms with Gasteiger partial charge in [-0.15, -0.1) is 0 Å². The van der Waals surface area contributed by atoms with E-state index >= 15 is 0 Å². The van der Waals surface area contributed by atoms with Crippen molar-refractivity contribution in [1.82, 2.24) is 14.8 Å². The highest BCUT2D eigenvalue weighted by Crippen LogP contribution is 2.45. The fraction of sp³-hybridized carbons (Fsp3) is 0.346. The summed E-state index contributed by atoms with van der Waals surface area (Å²) >= 11 is 0. The molecule has 5 rings (SSSR count). The first-order valence-corrected chi connectivity index (χ1v) is 11.2. The molecule has 33 heavy (non-hydrogen) atoms. The SMILES string of the molecule is COc1ccc([C@@H]2CC(=O)C3=C(C2)Nc2ncnn2[C@@H]3c2ccc(C(C)C)cc2)c(OC)c1. The minimum atomic E-state index is -0.286. The number of carbonyl (C=O) groups excluding carboxylic acids is 1. The van der Waals surface area contributed by atoms with Crippen molar-refractivity contribution < 1.29 is 14.3 Å². The van der Waals surface area contributed by atoms with Crippen molar-refractivity contribution >= 4 is 11.7 Å². The summed E-state index contributed by atoms with van der Waals surface area (Å²) in [6.45, 7) is 4.35. The molecule has 0 amide bonds. The maximum absolute atomic E-state index is 13.6. The largest absolute Gasteiger partial charge is 0.497 e. The van der Waals surface area contributed by atoms with Crippen LogP contribution in [0.5, 0.6) is 11.5 Å². The first-order chi connectivity index (χ1) is 16.0. The molecule has 0 spiro atoms. The number of aromatic nitrogens is 3. The molecule has 7 heteroatoms. The van der Waals surface area contributed by atoms with E-state index in [1.165, 1.54) is 11.9 Å². The number of carbonyl (C=O) groups is 1. The molecule has 0 radical (unpaired) electrons. The van der Waals surface area contributed by atoms with Crippen molar-refractivity contribution in [3.8, 4) is 11.5 Å². The Kier molecular flexibility index (Phi) is 5.40. The van der Waals surface area contributed by atoms with Gasteiger partial charge in [0.15, 0.2) is 5.78 Å². The van der Waals surface area contributed by atoms with Crippen LogP contribution in [0.15, 0.2) is 60.1 Å². The van der Waals surface area contributed by atoms with E-state index in [1.54, 1.807) is 14.2 Å². The van der Waals surface area contributed by atoms with Crippen molar-refractivity contribution in [3.05, 3.63) is 76.8 Å². The Bertz CT molecular complexity index is 1230. The minimum absolute atomic E-state index is 0.00282. The van der Waals surface area contributed by atoms with Crippen molar-refractivity contribution in [2.45, 2.75) is 44.6 Å². The Morgan fingerprint density at radius 3 is 2.55 bits per heavy atom. The van der Waals surface area contributed by atoms with Crippen molar-refractivity contribution in [2.24, 2.45) is 0 Å². The number of methoxy groups -OCH3 is 2. The van der Waals surface area contributed by atoms with Crippen LogP contribution in [-0.2, 0) is 4.79 Å². The van der Waals surface area contributed by atoms with Gasteiger partial charge >= 0.3 is 0 Å². The number of anilines is 1. The zero-order valence-corrected chi connectivity index (χ0v) is 19.3. The van der Waals surface area contributed by atoms with E-state index in [0.717, 1.165) is 33.9 Å². The van der Waals surface area contributed by atoms with Gasteiger partial charge in [0.1, 0.15) is 23.9 Å². The first kappa shape index (κ1) is 21.2. The molecule has 3 aromatic rings. The molecule has 2 heterocycles. The van der Waals surface area contributed by atoms with Gasteiger partial charge in [-0.3, -0.25) is 4.79 Å². The van der Waals surface area contributed by atoms with Gasteiger partial charge < -0.3 is 14.8 Å². The average Bonchev–Trinajstić information content (AvgIpc) is 3.30. The van der Waals surface area contributed by atoms with Gasteiger partial charge in [-0.2, -0.15) is 10.1 Å². The molecule has 1 aromatic heterocycles. The third-order valence-corrected chi connectivity index (χ3v) is 6.66. The lowest BCUT2D eigenvalue weighted by molar-refractivity contribution is -0.116. The molecular formula is C26H28N4O3. The van der Waals surface area contributed by atoms with Crippen LogP contribution < -0.4 is 14.8 Å². The van der Waals surface area contributed by atoms with Gasteiger partial charge in [-0.1, -0.05) is 44.2 Å². The van der Waals surface area contributed by atoms with Gasteiger partial charge in [-0.05, 0) is 35.1 Å². The zero-order chi connectivity index (χ0) is 23.1. The molecule has 0 bridgehead atoms. The van der Waals surface area contributed by atoms with E-state index in [4.69, 9.17) is 9.47 Å². The highest BCUT2D eigenvalue weighted by molar-refractivity contribution is 6.00. The van der Waals surface area contributed by atoms with Gasteiger partial charge in [0, 0.05) is 29.7 Å². The lowest BCUT2D eigenvalue weighted by atomic mass is 9.77. The van der Waals surface area contributed by atoms with Crippen molar-refractivity contribution in [3.63, 3.8) is 0 Å². The fourth-order valence-corrected chi connectivity index (χ4v) is 4.90. The van der Waals surface area contributed by atoms with Crippen LogP contribution in [0.4, 0.5) is 5.95 Å². The number of hydrogen-bond acceptors (Lipinski definition) is 6. The number of nitrogens with one attached hydrogen (secondary N) is 1. The number of rotatable bonds is 5. The highest BCUT2D eigenvalue weighted by atomic mass is 16.5. The van der Waals surface area contributed by atoms with Crippen LogP contribution in [-0.4, -0.2) is 34.8 Å². The van der Waals surface area contributed by atoms with E-state index in [1.807, 2.05) is 22.9 Å². The summed E-state index contributed by atoms with van der Waals surface area (Å²) in [4.78, 5) is 18.0. The molecule has 2 aromatic carbocycles. The Hall–Kier alpha value is -3.61. The van der Waals surface area contributed by atoms with Crippen LogP contribution in [0.25, 0.3) is 0 Å². The summed E-state index contributed by atoms with van der Waals surface area (Å²) in [5.74, 6) is 2.68. The number of benzene rings is 2. The predicted octanol–water partition coefficient (Wildman–Crippen LogP) is 4.83. The average molecular weight is 445 g/mol. The molecule has 170 valence electrons. The van der Waals surface area contributed by atoms with Crippen LogP contribution in [0.1, 0.15) is 61.3 Å². The molecule has 0 unspecified atom stereocenters.